The van der Waals surface area contributed by atoms with Crippen LogP contribution in [0, 0.1) is 10.1 Å². The summed E-state index contributed by atoms with van der Waals surface area (Å²) in [6.07, 6.45) is 4.29. The molecule has 0 aliphatic carbocycles. The Hall–Kier alpha value is -2.11. The number of halogens is 1. The van der Waals surface area contributed by atoms with Gasteiger partial charge in [-0.25, -0.2) is 4.79 Å². The van der Waals surface area contributed by atoms with Crippen molar-refractivity contribution in [2.75, 3.05) is 33.8 Å². The number of benzene rings is 1. The first-order valence-electron chi connectivity index (χ1n) is 9.57. The highest BCUT2D eigenvalue weighted by molar-refractivity contribution is 14.0. The van der Waals surface area contributed by atoms with E-state index < -0.39 is 0 Å². The van der Waals surface area contributed by atoms with E-state index >= 15 is 0 Å². The number of ether oxygens (including phenoxy) is 1. The summed E-state index contributed by atoms with van der Waals surface area (Å²) in [5.74, 6) is 0.770. The van der Waals surface area contributed by atoms with E-state index in [-0.39, 0.29) is 46.7 Å². The zero-order valence-corrected chi connectivity index (χ0v) is 19.3. The number of hydrogen-bond donors (Lipinski definition) is 2. The fourth-order valence-electron chi connectivity index (χ4n) is 3.17. The zero-order valence-electron chi connectivity index (χ0n) is 16.9. The van der Waals surface area contributed by atoms with Crippen LogP contribution in [-0.4, -0.2) is 61.7 Å². The Labute approximate surface area is 188 Å². The highest BCUT2D eigenvalue weighted by Gasteiger charge is 2.23. The molecule has 162 valence electrons. The number of nitrogens with one attached hydrogen (secondary N) is 2. The number of methoxy groups -OCH3 is 1. The Balaban J connectivity index is 0.00000420. The number of nitro benzene ring substituents is 1. The van der Waals surface area contributed by atoms with Gasteiger partial charge in [-0.1, -0.05) is 12.1 Å². The summed E-state index contributed by atoms with van der Waals surface area (Å²) < 4.78 is 4.75. The fraction of sp³-hybridized carbons (Fsp3) is 0.579. The second-order valence-electron chi connectivity index (χ2n) is 6.76. The quantitative estimate of drug-likeness (QED) is 0.143. The average Bonchev–Trinajstić information content (AvgIpc) is 2.72. The van der Waals surface area contributed by atoms with Crippen LogP contribution in [0.2, 0.25) is 0 Å². The van der Waals surface area contributed by atoms with Crippen LogP contribution in [0.4, 0.5) is 10.5 Å². The third-order valence-corrected chi connectivity index (χ3v) is 4.82. The topological polar surface area (TPSA) is 109 Å². The Kier molecular flexibility index (Phi) is 11.3. The molecule has 1 fully saturated rings. The number of piperidine rings is 1. The van der Waals surface area contributed by atoms with Crippen LogP contribution < -0.4 is 10.6 Å². The van der Waals surface area contributed by atoms with E-state index in [1.165, 1.54) is 7.11 Å². The van der Waals surface area contributed by atoms with Gasteiger partial charge in [0, 0.05) is 44.9 Å². The Morgan fingerprint density at radius 1 is 1.28 bits per heavy atom. The minimum atomic E-state index is -0.383. The number of non-ortho nitro benzene ring substituents is 1. The molecule has 0 aromatic heterocycles. The number of nitrogens with zero attached hydrogens (tertiary/aromatic N) is 3. The molecule has 29 heavy (non-hydrogen) atoms. The number of amides is 1. The van der Waals surface area contributed by atoms with Gasteiger partial charge in [0.25, 0.3) is 5.69 Å². The normalized spacial score (nSPS) is 14.7. The summed E-state index contributed by atoms with van der Waals surface area (Å²) in [7, 11) is 3.15. The first-order valence-corrected chi connectivity index (χ1v) is 9.57. The van der Waals surface area contributed by atoms with Crippen LogP contribution in [0.5, 0.6) is 0 Å². The van der Waals surface area contributed by atoms with Gasteiger partial charge in [0.15, 0.2) is 5.96 Å². The van der Waals surface area contributed by atoms with Gasteiger partial charge in [0.1, 0.15) is 0 Å². The maximum Gasteiger partial charge on any atom is 0.409 e. The molecule has 10 heteroatoms. The van der Waals surface area contributed by atoms with Gasteiger partial charge in [-0.3, -0.25) is 15.1 Å². The van der Waals surface area contributed by atoms with Crippen LogP contribution in [-0.2, 0) is 11.2 Å². The van der Waals surface area contributed by atoms with Gasteiger partial charge in [0.05, 0.1) is 12.0 Å². The molecule has 2 rings (SSSR count). The minimum Gasteiger partial charge on any atom is -0.453 e. The van der Waals surface area contributed by atoms with Crippen molar-refractivity contribution >= 4 is 41.7 Å². The molecular formula is C19H30IN5O4. The molecule has 1 aromatic carbocycles. The highest BCUT2D eigenvalue weighted by atomic mass is 127. The number of nitro groups is 1. The minimum absolute atomic E-state index is 0. The molecule has 0 atom stereocenters. The Morgan fingerprint density at radius 3 is 2.48 bits per heavy atom. The third-order valence-electron chi connectivity index (χ3n) is 4.82. The van der Waals surface area contributed by atoms with Crippen LogP contribution in [0.15, 0.2) is 29.3 Å². The number of unbranched alkanes of at least 4 members (excludes halogenated alkanes) is 1. The number of aryl methyl sites for hydroxylation is 1. The van der Waals surface area contributed by atoms with Gasteiger partial charge in [-0.15, -0.1) is 24.0 Å². The van der Waals surface area contributed by atoms with Gasteiger partial charge in [0.2, 0.25) is 0 Å². The molecule has 0 unspecified atom stereocenters. The van der Waals surface area contributed by atoms with Crippen molar-refractivity contribution in [3.8, 4) is 0 Å². The van der Waals surface area contributed by atoms with Crippen LogP contribution in [0.3, 0.4) is 0 Å². The lowest BCUT2D eigenvalue weighted by Crippen LogP contribution is -2.49. The van der Waals surface area contributed by atoms with E-state index in [0.717, 1.165) is 50.2 Å². The van der Waals surface area contributed by atoms with Crippen molar-refractivity contribution in [2.45, 2.75) is 38.1 Å². The lowest BCUT2D eigenvalue weighted by molar-refractivity contribution is -0.384. The van der Waals surface area contributed by atoms with Gasteiger partial charge in [-0.05, 0) is 37.7 Å². The van der Waals surface area contributed by atoms with Crippen molar-refractivity contribution in [1.82, 2.24) is 15.5 Å². The van der Waals surface area contributed by atoms with Crippen molar-refractivity contribution in [1.29, 1.82) is 0 Å². The van der Waals surface area contributed by atoms with E-state index in [1.807, 2.05) is 12.1 Å². The smallest absolute Gasteiger partial charge is 0.409 e. The second kappa shape index (κ2) is 13.2. The predicted molar refractivity (Wildman–Crippen MR) is 123 cm³/mol. The first-order chi connectivity index (χ1) is 13.5. The zero-order chi connectivity index (χ0) is 20.4. The molecule has 1 amide bonds. The third kappa shape index (κ3) is 8.42. The molecule has 1 aromatic rings. The first kappa shape index (κ1) is 24.9. The number of aliphatic imine (C=N–C) groups is 1. The van der Waals surface area contributed by atoms with E-state index in [0.29, 0.717) is 13.1 Å². The summed E-state index contributed by atoms with van der Waals surface area (Å²) in [5, 5.41) is 17.4. The molecule has 0 spiro atoms. The second-order valence-corrected chi connectivity index (χ2v) is 6.76. The predicted octanol–water partition coefficient (Wildman–Crippen LogP) is 2.93. The van der Waals surface area contributed by atoms with Crippen LogP contribution in [0.1, 0.15) is 31.2 Å². The average molecular weight is 519 g/mol. The van der Waals surface area contributed by atoms with Gasteiger partial charge < -0.3 is 20.3 Å². The van der Waals surface area contributed by atoms with E-state index in [2.05, 4.69) is 15.6 Å². The Bertz CT molecular complexity index is 676. The number of carbonyl (C=O) groups excluding carboxylic acids is 1. The maximum absolute atomic E-state index is 11.5. The van der Waals surface area contributed by atoms with Crippen molar-refractivity contribution in [3.05, 3.63) is 39.9 Å². The number of likely N-dealkylation sites (tertiary alicyclic amines) is 1. The molecule has 1 heterocycles. The molecule has 0 saturated carbocycles. The monoisotopic (exact) mass is 519 g/mol. The lowest BCUT2D eigenvalue weighted by Gasteiger charge is -2.32. The molecule has 1 aliphatic heterocycles. The summed E-state index contributed by atoms with van der Waals surface area (Å²) in [5.41, 5.74) is 1.23. The van der Waals surface area contributed by atoms with E-state index in [4.69, 9.17) is 4.74 Å². The summed E-state index contributed by atoms with van der Waals surface area (Å²) in [6, 6.07) is 7.00. The molecule has 2 N–H and O–H groups in total. The summed E-state index contributed by atoms with van der Waals surface area (Å²) >= 11 is 0. The molecular weight excluding hydrogens is 489 g/mol. The van der Waals surface area contributed by atoms with Crippen molar-refractivity contribution < 1.29 is 14.5 Å². The number of carbonyl (C=O) groups is 1. The van der Waals surface area contributed by atoms with Crippen LogP contribution >= 0.6 is 24.0 Å². The SMILES string of the molecule is CN=C(NCCCCc1ccc([N+](=O)[O-])cc1)NC1CCN(C(=O)OC)CC1.I. The van der Waals surface area contributed by atoms with E-state index in [1.54, 1.807) is 24.1 Å². The lowest BCUT2D eigenvalue weighted by atomic mass is 10.1. The Morgan fingerprint density at radius 2 is 1.93 bits per heavy atom. The molecule has 1 aliphatic rings. The fourth-order valence-corrected chi connectivity index (χ4v) is 3.17. The number of rotatable bonds is 7. The van der Waals surface area contributed by atoms with Gasteiger partial charge >= 0.3 is 6.09 Å². The van der Waals surface area contributed by atoms with Crippen molar-refractivity contribution in [3.63, 3.8) is 0 Å². The summed E-state index contributed by atoms with van der Waals surface area (Å²) in [6.45, 7) is 2.15. The maximum atomic E-state index is 11.5. The summed E-state index contributed by atoms with van der Waals surface area (Å²) in [4.78, 5) is 27.8. The van der Waals surface area contributed by atoms with Crippen LogP contribution in [0.25, 0.3) is 0 Å². The largest absolute Gasteiger partial charge is 0.453 e. The number of hydrogen-bond acceptors (Lipinski definition) is 5. The highest BCUT2D eigenvalue weighted by Crippen LogP contribution is 2.14. The van der Waals surface area contributed by atoms with Crippen molar-refractivity contribution in [2.24, 2.45) is 4.99 Å². The molecule has 9 nitrogen and oxygen atoms in total. The molecule has 0 bridgehead atoms. The van der Waals surface area contributed by atoms with E-state index in [9.17, 15) is 14.9 Å². The van der Waals surface area contributed by atoms with Gasteiger partial charge in [-0.2, -0.15) is 0 Å². The molecule has 1 saturated heterocycles. The molecule has 0 radical (unpaired) electrons. The number of guanidine groups is 1. The standard InChI is InChI=1S/C19H29N5O4.HI/c1-20-18(22-16-10-13-23(14-11-16)19(25)28-2)21-12-4-3-5-15-6-8-17(9-7-15)24(26)27;/h6-9,16H,3-5,10-14H2,1-2H3,(H2,20,21,22);1H.